The van der Waals surface area contributed by atoms with Crippen molar-refractivity contribution in [2.45, 2.75) is 39.0 Å². The van der Waals surface area contributed by atoms with Crippen LogP contribution in [0.15, 0.2) is 12.4 Å². The van der Waals surface area contributed by atoms with Crippen molar-refractivity contribution < 1.29 is 0 Å². The highest BCUT2D eigenvalue weighted by atomic mass is 15.1. The van der Waals surface area contributed by atoms with E-state index >= 15 is 0 Å². The predicted octanol–water partition coefficient (Wildman–Crippen LogP) is 2.40. The molecule has 1 aromatic rings. The van der Waals surface area contributed by atoms with E-state index in [9.17, 15) is 0 Å². The summed E-state index contributed by atoms with van der Waals surface area (Å²) in [5.41, 5.74) is 1.19. The average Bonchev–Trinajstić information content (AvgIpc) is 2.40. The molecule has 2 heterocycles. The van der Waals surface area contributed by atoms with E-state index < -0.39 is 0 Å². The second-order valence-electron chi connectivity index (χ2n) is 5.40. The van der Waals surface area contributed by atoms with E-state index in [2.05, 4.69) is 34.4 Å². The van der Waals surface area contributed by atoms with Gasteiger partial charge in [-0.15, -0.1) is 0 Å². The van der Waals surface area contributed by atoms with Gasteiger partial charge in [-0.05, 0) is 49.8 Å². The quantitative estimate of drug-likeness (QED) is 0.840. The third-order valence-electron chi connectivity index (χ3n) is 3.63. The van der Waals surface area contributed by atoms with Crippen molar-refractivity contribution >= 4 is 5.95 Å². The summed E-state index contributed by atoms with van der Waals surface area (Å²) >= 11 is 0. The molecule has 1 fully saturated rings. The smallest absolute Gasteiger partial charge is 0.222 e. The van der Waals surface area contributed by atoms with E-state index in [1.807, 2.05) is 12.4 Å². The lowest BCUT2D eigenvalue weighted by Crippen LogP contribution is -2.28. The third-order valence-corrected chi connectivity index (χ3v) is 3.63. The molecule has 2 N–H and O–H groups in total. The summed E-state index contributed by atoms with van der Waals surface area (Å²) in [4.78, 5) is 8.70. The summed E-state index contributed by atoms with van der Waals surface area (Å²) in [6.07, 6.45) is 7.66. The molecule has 0 atom stereocenters. The first-order valence-electron chi connectivity index (χ1n) is 7.02. The zero-order chi connectivity index (χ0) is 12.8. The van der Waals surface area contributed by atoms with Gasteiger partial charge < -0.3 is 10.6 Å². The number of anilines is 1. The molecule has 0 spiro atoms. The van der Waals surface area contributed by atoms with Crippen LogP contribution in [0.4, 0.5) is 5.95 Å². The van der Waals surface area contributed by atoms with Gasteiger partial charge in [0.1, 0.15) is 0 Å². The molecule has 100 valence electrons. The number of hydrogen-bond donors (Lipinski definition) is 2. The van der Waals surface area contributed by atoms with Gasteiger partial charge >= 0.3 is 0 Å². The van der Waals surface area contributed by atoms with Crippen LogP contribution in [0, 0.1) is 5.92 Å². The van der Waals surface area contributed by atoms with Crippen molar-refractivity contribution in [1.29, 1.82) is 0 Å². The summed E-state index contributed by atoms with van der Waals surface area (Å²) in [7, 11) is 0. The standard InChI is InChI=1S/C14H24N4/c1-11(2)13-9-17-14(18-10-13)16-8-5-12-3-6-15-7-4-12/h9-12,15H,3-8H2,1-2H3,(H,16,17,18). The van der Waals surface area contributed by atoms with Crippen LogP contribution in [-0.2, 0) is 0 Å². The number of piperidine rings is 1. The number of hydrogen-bond acceptors (Lipinski definition) is 4. The fourth-order valence-electron chi connectivity index (χ4n) is 2.29. The molecule has 2 rings (SSSR count). The van der Waals surface area contributed by atoms with Gasteiger partial charge in [-0.25, -0.2) is 9.97 Å². The highest BCUT2D eigenvalue weighted by Gasteiger charge is 2.12. The molecule has 0 aromatic carbocycles. The lowest BCUT2D eigenvalue weighted by atomic mass is 9.95. The Bertz CT molecular complexity index is 341. The summed E-state index contributed by atoms with van der Waals surface area (Å²) in [6, 6.07) is 0. The maximum atomic E-state index is 4.35. The van der Waals surface area contributed by atoms with Crippen molar-refractivity contribution in [3.05, 3.63) is 18.0 Å². The lowest BCUT2D eigenvalue weighted by Gasteiger charge is -2.22. The minimum absolute atomic E-state index is 0.494. The zero-order valence-corrected chi connectivity index (χ0v) is 11.4. The first-order valence-corrected chi connectivity index (χ1v) is 7.02. The second kappa shape index (κ2) is 6.69. The Labute approximate surface area is 110 Å². The zero-order valence-electron chi connectivity index (χ0n) is 11.4. The molecule has 4 heteroatoms. The Morgan fingerprint density at radius 1 is 1.28 bits per heavy atom. The highest BCUT2D eigenvalue weighted by molar-refractivity contribution is 5.25. The molecule has 0 saturated carbocycles. The highest BCUT2D eigenvalue weighted by Crippen LogP contribution is 2.16. The van der Waals surface area contributed by atoms with Gasteiger partial charge in [0.05, 0.1) is 0 Å². The van der Waals surface area contributed by atoms with Gasteiger partial charge in [0.25, 0.3) is 0 Å². The normalized spacial score (nSPS) is 17.1. The molecular weight excluding hydrogens is 224 g/mol. The molecule has 1 saturated heterocycles. The van der Waals surface area contributed by atoms with Crippen LogP contribution >= 0.6 is 0 Å². The molecule has 18 heavy (non-hydrogen) atoms. The summed E-state index contributed by atoms with van der Waals surface area (Å²) in [5, 5.41) is 6.71. The first-order chi connectivity index (χ1) is 8.75. The van der Waals surface area contributed by atoms with Crippen LogP contribution in [0.3, 0.4) is 0 Å². The van der Waals surface area contributed by atoms with Crippen molar-refractivity contribution in [1.82, 2.24) is 15.3 Å². The van der Waals surface area contributed by atoms with Gasteiger partial charge in [-0.1, -0.05) is 13.8 Å². The van der Waals surface area contributed by atoms with E-state index in [1.54, 1.807) is 0 Å². The molecular formula is C14H24N4. The summed E-state index contributed by atoms with van der Waals surface area (Å²) in [5.74, 6) is 2.11. The average molecular weight is 248 g/mol. The number of nitrogens with one attached hydrogen (secondary N) is 2. The van der Waals surface area contributed by atoms with E-state index in [0.717, 1.165) is 18.4 Å². The van der Waals surface area contributed by atoms with Gasteiger partial charge in [0, 0.05) is 18.9 Å². The second-order valence-corrected chi connectivity index (χ2v) is 5.40. The van der Waals surface area contributed by atoms with Crippen molar-refractivity contribution in [3.8, 4) is 0 Å². The van der Waals surface area contributed by atoms with Crippen LogP contribution in [0.2, 0.25) is 0 Å². The van der Waals surface area contributed by atoms with E-state index in [4.69, 9.17) is 0 Å². The van der Waals surface area contributed by atoms with E-state index in [-0.39, 0.29) is 0 Å². The molecule has 1 aliphatic rings. The molecule has 0 amide bonds. The Morgan fingerprint density at radius 2 is 1.94 bits per heavy atom. The van der Waals surface area contributed by atoms with E-state index in [0.29, 0.717) is 5.92 Å². The van der Waals surface area contributed by atoms with Gasteiger partial charge in [-0.3, -0.25) is 0 Å². The van der Waals surface area contributed by atoms with Crippen LogP contribution < -0.4 is 10.6 Å². The van der Waals surface area contributed by atoms with Crippen LogP contribution in [0.1, 0.15) is 44.6 Å². The molecule has 0 aliphatic carbocycles. The molecule has 1 aliphatic heterocycles. The summed E-state index contributed by atoms with van der Waals surface area (Å²) in [6.45, 7) is 7.63. The van der Waals surface area contributed by atoms with Crippen LogP contribution in [0.25, 0.3) is 0 Å². The monoisotopic (exact) mass is 248 g/mol. The largest absolute Gasteiger partial charge is 0.354 e. The molecule has 1 aromatic heterocycles. The topological polar surface area (TPSA) is 49.8 Å². The fraction of sp³-hybridized carbons (Fsp3) is 0.714. The van der Waals surface area contributed by atoms with Gasteiger partial charge in [-0.2, -0.15) is 0 Å². The van der Waals surface area contributed by atoms with Gasteiger partial charge in [0.15, 0.2) is 0 Å². The number of nitrogens with zero attached hydrogens (tertiary/aromatic N) is 2. The van der Waals surface area contributed by atoms with Crippen molar-refractivity contribution in [2.75, 3.05) is 25.0 Å². The maximum absolute atomic E-state index is 4.35. The number of aromatic nitrogens is 2. The molecule has 0 radical (unpaired) electrons. The number of rotatable bonds is 5. The minimum atomic E-state index is 0.494. The predicted molar refractivity (Wildman–Crippen MR) is 74.8 cm³/mol. The molecule has 0 bridgehead atoms. The maximum Gasteiger partial charge on any atom is 0.222 e. The summed E-state index contributed by atoms with van der Waals surface area (Å²) < 4.78 is 0. The Hall–Kier alpha value is -1.16. The Morgan fingerprint density at radius 3 is 2.56 bits per heavy atom. The van der Waals surface area contributed by atoms with Crippen LogP contribution in [0.5, 0.6) is 0 Å². The molecule has 0 unspecified atom stereocenters. The lowest BCUT2D eigenvalue weighted by molar-refractivity contribution is 0.361. The first kappa shape index (κ1) is 13.3. The minimum Gasteiger partial charge on any atom is -0.354 e. The van der Waals surface area contributed by atoms with E-state index in [1.165, 1.54) is 37.9 Å². The SMILES string of the molecule is CC(C)c1cnc(NCCC2CCNCC2)nc1. The Kier molecular flexibility index (Phi) is 4.93. The van der Waals surface area contributed by atoms with Gasteiger partial charge in [0.2, 0.25) is 5.95 Å². The fourth-order valence-corrected chi connectivity index (χ4v) is 2.29. The van der Waals surface area contributed by atoms with Crippen molar-refractivity contribution in [2.24, 2.45) is 5.92 Å². The Balaban J connectivity index is 1.72. The molecule has 4 nitrogen and oxygen atoms in total. The third kappa shape index (κ3) is 3.95. The van der Waals surface area contributed by atoms with Crippen molar-refractivity contribution in [3.63, 3.8) is 0 Å². The van der Waals surface area contributed by atoms with Crippen LogP contribution in [-0.4, -0.2) is 29.6 Å².